The third-order valence-electron chi connectivity index (χ3n) is 2.24. The van der Waals surface area contributed by atoms with Gasteiger partial charge in [-0.3, -0.25) is 10.1 Å². The first-order chi connectivity index (χ1) is 7.66. The summed E-state index contributed by atoms with van der Waals surface area (Å²) in [7, 11) is 0. The number of halogens is 1. The number of nitrogens with zero attached hydrogens (tertiary/aromatic N) is 1. The highest BCUT2D eigenvalue weighted by Crippen LogP contribution is 2.24. The molecule has 4 heteroatoms. The SMILES string of the molecule is O=[N+]([O-])c1ccc(-c2cccc(Cl)c2)cc1. The average Bonchev–Trinajstić information content (AvgIpc) is 2.29. The summed E-state index contributed by atoms with van der Waals surface area (Å²) in [5.41, 5.74) is 1.95. The van der Waals surface area contributed by atoms with E-state index < -0.39 is 4.92 Å². The Morgan fingerprint density at radius 1 is 1.00 bits per heavy atom. The molecule has 0 bridgehead atoms. The van der Waals surface area contributed by atoms with Gasteiger partial charge in [0.25, 0.3) is 5.69 Å². The van der Waals surface area contributed by atoms with Crippen LogP contribution >= 0.6 is 11.6 Å². The van der Waals surface area contributed by atoms with Crippen molar-refractivity contribution in [2.24, 2.45) is 0 Å². The molecule has 0 atom stereocenters. The smallest absolute Gasteiger partial charge is 0.258 e. The molecule has 0 aliphatic heterocycles. The minimum Gasteiger partial charge on any atom is -0.258 e. The molecule has 2 aromatic carbocycles. The number of nitro groups is 1. The molecule has 3 nitrogen and oxygen atoms in total. The van der Waals surface area contributed by atoms with Crippen LogP contribution in [0.2, 0.25) is 5.02 Å². The standard InChI is InChI=1S/C12H8ClNO2/c13-11-3-1-2-10(8-11)9-4-6-12(7-5-9)14(15)16/h1-8H. The molecule has 2 aromatic rings. The summed E-state index contributed by atoms with van der Waals surface area (Å²) in [5, 5.41) is 11.1. The minimum absolute atomic E-state index is 0.0887. The Hall–Kier alpha value is -1.87. The predicted molar refractivity (Wildman–Crippen MR) is 63.5 cm³/mol. The van der Waals surface area contributed by atoms with Gasteiger partial charge in [0.1, 0.15) is 0 Å². The highest BCUT2D eigenvalue weighted by molar-refractivity contribution is 6.30. The zero-order valence-electron chi connectivity index (χ0n) is 8.26. The topological polar surface area (TPSA) is 43.1 Å². The van der Waals surface area contributed by atoms with Crippen LogP contribution in [-0.4, -0.2) is 4.92 Å². The Kier molecular flexibility index (Phi) is 2.88. The molecule has 80 valence electrons. The normalized spacial score (nSPS) is 10.1. The second-order valence-corrected chi connectivity index (χ2v) is 3.75. The fourth-order valence-electron chi connectivity index (χ4n) is 1.44. The van der Waals surface area contributed by atoms with E-state index in [4.69, 9.17) is 11.6 Å². The Bertz CT molecular complexity index is 523. The van der Waals surface area contributed by atoms with E-state index in [0.29, 0.717) is 5.02 Å². The van der Waals surface area contributed by atoms with Crippen LogP contribution in [0.1, 0.15) is 0 Å². The Balaban J connectivity index is 2.38. The third kappa shape index (κ3) is 2.20. The first kappa shape index (κ1) is 10.6. The molecule has 0 aliphatic rings. The van der Waals surface area contributed by atoms with Gasteiger partial charge < -0.3 is 0 Å². The van der Waals surface area contributed by atoms with Gasteiger partial charge in [-0.25, -0.2) is 0 Å². The van der Waals surface area contributed by atoms with Gasteiger partial charge in [-0.2, -0.15) is 0 Å². The summed E-state index contributed by atoms with van der Waals surface area (Å²) in [6.45, 7) is 0. The van der Waals surface area contributed by atoms with Gasteiger partial charge in [0.05, 0.1) is 4.92 Å². The summed E-state index contributed by atoms with van der Waals surface area (Å²) in [6.07, 6.45) is 0. The predicted octanol–water partition coefficient (Wildman–Crippen LogP) is 3.92. The lowest BCUT2D eigenvalue weighted by Crippen LogP contribution is -1.87. The second kappa shape index (κ2) is 4.33. The van der Waals surface area contributed by atoms with Crippen LogP contribution in [0.4, 0.5) is 5.69 Å². The molecule has 0 fully saturated rings. The van der Waals surface area contributed by atoms with Crippen molar-refractivity contribution in [2.75, 3.05) is 0 Å². The summed E-state index contributed by atoms with van der Waals surface area (Å²) in [4.78, 5) is 10.1. The maximum absolute atomic E-state index is 10.5. The van der Waals surface area contributed by atoms with Gasteiger partial charge in [0, 0.05) is 17.2 Å². The summed E-state index contributed by atoms with van der Waals surface area (Å²) >= 11 is 5.87. The number of hydrogen-bond acceptors (Lipinski definition) is 2. The lowest BCUT2D eigenvalue weighted by Gasteiger charge is -2.01. The van der Waals surface area contributed by atoms with E-state index >= 15 is 0 Å². The first-order valence-electron chi connectivity index (χ1n) is 4.67. The van der Waals surface area contributed by atoms with Gasteiger partial charge in [-0.1, -0.05) is 23.7 Å². The van der Waals surface area contributed by atoms with Crippen molar-refractivity contribution in [1.82, 2.24) is 0 Å². The maximum atomic E-state index is 10.5. The molecule has 0 saturated carbocycles. The van der Waals surface area contributed by atoms with Crippen molar-refractivity contribution in [3.63, 3.8) is 0 Å². The molecule has 0 amide bonds. The van der Waals surface area contributed by atoms with E-state index in [2.05, 4.69) is 0 Å². The van der Waals surface area contributed by atoms with Gasteiger partial charge >= 0.3 is 0 Å². The molecule has 0 spiro atoms. The lowest BCUT2D eigenvalue weighted by molar-refractivity contribution is -0.384. The monoisotopic (exact) mass is 233 g/mol. The molecule has 0 aliphatic carbocycles. The van der Waals surface area contributed by atoms with E-state index in [1.165, 1.54) is 12.1 Å². The lowest BCUT2D eigenvalue weighted by atomic mass is 10.1. The van der Waals surface area contributed by atoms with Crippen molar-refractivity contribution in [2.45, 2.75) is 0 Å². The van der Waals surface area contributed by atoms with Crippen molar-refractivity contribution >= 4 is 17.3 Å². The minimum atomic E-state index is -0.415. The number of non-ortho nitro benzene ring substituents is 1. The highest BCUT2D eigenvalue weighted by atomic mass is 35.5. The average molecular weight is 234 g/mol. The molecule has 0 unspecified atom stereocenters. The second-order valence-electron chi connectivity index (χ2n) is 3.31. The van der Waals surface area contributed by atoms with Gasteiger partial charge in [-0.05, 0) is 35.4 Å². The van der Waals surface area contributed by atoms with Crippen LogP contribution in [0.15, 0.2) is 48.5 Å². The summed E-state index contributed by atoms with van der Waals surface area (Å²) in [5.74, 6) is 0. The largest absolute Gasteiger partial charge is 0.269 e. The van der Waals surface area contributed by atoms with Crippen LogP contribution in [-0.2, 0) is 0 Å². The molecule has 16 heavy (non-hydrogen) atoms. The Labute approximate surface area is 97.4 Å². The summed E-state index contributed by atoms with van der Waals surface area (Å²) < 4.78 is 0. The van der Waals surface area contributed by atoms with E-state index in [1.807, 2.05) is 18.2 Å². The van der Waals surface area contributed by atoms with Crippen molar-refractivity contribution < 1.29 is 4.92 Å². The van der Waals surface area contributed by atoms with Crippen LogP contribution < -0.4 is 0 Å². The number of benzene rings is 2. The molecular weight excluding hydrogens is 226 g/mol. The van der Waals surface area contributed by atoms with Crippen molar-refractivity contribution in [3.8, 4) is 11.1 Å². The molecule has 0 N–H and O–H groups in total. The Morgan fingerprint density at radius 3 is 2.25 bits per heavy atom. The number of nitro benzene ring substituents is 1. The van der Waals surface area contributed by atoms with Crippen LogP contribution in [0.5, 0.6) is 0 Å². The first-order valence-corrected chi connectivity index (χ1v) is 5.05. The molecule has 0 saturated heterocycles. The summed E-state index contributed by atoms with van der Waals surface area (Å²) in [6, 6.07) is 13.8. The molecule has 0 heterocycles. The zero-order chi connectivity index (χ0) is 11.5. The van der Waals surface area contributed by atoms with Gasteiger partial charge in [0.2, 0.25) is 0 Å². The Morgan fingerprint density at radius 2 is 1.69 bits per heavy atom. The van der Waals surface area contributed by atoms with Crippen LogP contribution in [0.3, 0.4) is 0 Å². The van der Waals surface area contributed by atoms with E-state index in [1.54, 1.807) is 18.2 Å². The molecular formula is C12H8ClNO2. The van der Waals surface area contributed by atoms with Crippen molar-refractivity contribution in [3.05, 3.63) is 63.7 Å². The van der Waals surface area contributed by atoms with E-state index in [-0.39, 0.29) is 5.69 Å². The molecule has 2 rings (SSSR count). The molecule has 0 radical (unpaired) electrons. The van der Waals surface area contributed by atoms with Gasteiger partial charge in [-0.15, -0.1) is 0 Å². The van der Waals surface area contributed by atoms with Crippen LogP contribution in [0.25, 0.3) is 11.1 Å². The van der Waals surface area contributed by atoms with Gasteiger partial charge in [0.15, 0.2) is 0 Å². The van der Waals surface area contributed by atoms with Crippen LogP contribution in [0, 0.1) is 10.1 Å². The number of rotatable bonds is 2. The third-order valence-corrected chi connectivity index (χ3v) is 2.47. The van der Waals surface area contributed by atoms with E-state index in [0.717, 1.165) is 11.1 Å². The fraction of sp³-hybridized carbons (Fsp3) is 0. The quantitative estimate of drug-likeness (QED) is 0.583. The van der Waals surface area contributed by atoms with E-state index in [9.17, 15) is 10.1 Å². The fourth-order valence-corrected chi connectivity index (χ4v) is 1.63. The number of hydrogen-bond donors (Lipinski definition) is 0. The highest BCUT2D eigenvalue weighted by Gasteiger charge is 2.04. The maximum Gasteiger partial charge on any atom is 0.269 e. The zero-order valence-corrected chi connectivity index (χ0v) is 9.02. The molecule has 0 aromatic heterocycles. The van der Waals surface area contributed by atoms with Crippen molar-refractivity contribution in [1.29, 1.82) is 0 Å².